The van der Waals surface area contributed by atoms with Gasteiger partial charge in [-0.25, -0.2) is 0 Å². The van der Waals surface area contributed by atoms with E-state index >= 15 is 0 Å². The molecule has 1 N–H and O–H groups in total. The smallest absolute Gasteiger partial charge is 0.257 e. The number of nitrogens with zero attached hydrogens (tertiary/aromatic N) is 1. The van der Waals surface area contributed by atoms with Crippen molar-refractivity contribution in [3.63, 3.8) is 0 Å². The molecule has 1 aliphatic heterocycles. The highest BCUT2D eigenvalue weighted by Crippen LogP contribution is 2.15. The molecular formula is C19H30N2O3. The Bertz CT molecular complexity index is 491. The zero-order chi connectivity index (χ0) is 17.2. The van der Waals surface area contributed by atoms with E-state index in [-0.39, 0.29) is 17.9 Å². The molecule has 1 saturated heterocycles. The maximum atomic E-state index is 12.2. The summed E-state index contributed by atoms with van der Waals surface area (Å²) in [5.74, 6) is 0.172. The van der Waals surface area contributed by atoms with Crippen molar-refractivity contribution in [1.82, 2.24) is 10.2 Å². The molecule has 0 spiro atoms. The minimum atomic E-state index is 0.0144. The van der Waals surface area contributed by atoms with Gasteiger partial charge in [-0.1, -0.05) is 39.0 Å². The van der Waals surface area contributed by atoms with Crippen LogP contribution in [0.4, 0.5) is 0 Å². The maximum Gasteiger partial charge on any atom is 0.257 e. The molecule has 2 rings (SSSR count). The highest BCUT2D eigenvalue weighted by Gasteiger charge is 2.24. The summed E-state index contributed by atoms with van der Waals surface area (Å²) in [6, 6.07) is 1.89. The van der Waals surface area contributed by atoms with Crippen molar-refractivity contribution in [1.29, 1.82) is 0 Å². The predicted octanol–water partition coefficient (Wildman–Crippen LogP) is 3.75. The number of hydrogen-bond donors (Lipinski definition) is 1. The van der Waals surface area contributed by atoms with Crippen LogP contribution in [0, 0.1) is 0 Å². The van der Waals surface area contributed by atoms with Crippen LogP contribution in [-0.4, -0.2) is 35.8 Å². The third-order valence-corrected chi connectivity index (χ3v) is 4.67. The van der Waals surface area contributed by atoms with E-state index in [4.69, 9.17) is 4.42 Å². The van der Waals surface area contributed by atoms with Gasteiger partial charge in [0.05, 0.1) is 11.8 Å². The lowest BCUT2D eigenvalue weighted by molar-refractivity contribution is -0.122. The lowest BCUT2D eigenvalue weighted by atomic mass is 10.0. The van der Waals surface area contributed by atoms with Crippen LogP contribution >= 0.6 is 0 Å². The number of carbonyl (C=O) groups excluding carboxylic acids is 2. The van der Waals surface area contributed by atoms with E-state index in [9.17, 15) is 9.59 Å². The number of carbonyl (C=O) groups is 2. The molecule has 0 unspecified atom stereocenters. The molecule has 0 aliphatic carbocycles. The van der Waals surface area contributed by atoms with Gasteiger partial charge in [0.15, 0.2) is 0 Å². The Balaban J connectivity index is 1.59. The first-order chi connectivity index (χ1) is 11.7. The summed E-state index contributed by atoms with van der Waals surface area (Å²) in [5.41, 5.74) is 0.598. The molecule has 2 amide bonds. The van der Waals surface area contributed by atoms with Crippen LogP contribution in [0.1, 0.15) is 75.1 Å². The number of amides is 2. The van der Waals surface area contributed by atoms with Crippen LogP contribution in [-0.2, 0) is 4.79 Å². The number of hydrogen-bond acceptors (Lipinski definition) is 3. The SMILES string of the molecule is CCCCCCCCC(=O)NC1CCN(C(=O)c2ccoc2)CC1. The molecule has 2 heterocycles. The Labute approximate surface area is 144 Å². The monoisotopic (exact) mass is 334 g/mol. The van der Waals surface area contributed by atoms with Gasteiger partial charge in [-0.2, -0.15) is 0 Å². The van der Waals surface area contributed by atoms with Gasteiger partial charge in [0.1, 0.15) is 6.26 Å². The number of rotatable bonds is 9. The Hall–Kier alpha value is -1.78. The summed E-state index contributed by atoms with van der Waals surface area (Å²) >= 11 is 0. The lowest BCUT2D eigenvalue weighted by Crippen LogP contribution is -2.46. The minimum Gasteiger partial charge on any atom is -0.472 e. The minimum absolute atomic E-state index is 0.0144. The fraction of sp³-hybridized carbons (Fsp3) is 0.684. The first kappa shape index (κ1) is 18.6. The lowest BCUT2D eigenvalue weighted by Gasteiger charge is -2.32. The number of likely N-dealkylation sites (tertiary alicyclic amines) is 1. The summed E-state index contributed by atoms with van der Waals surface area (Å²) < 4.78 is 4.96. The maximum absolute atomic E-state index is 12.2. The molecule has 0 saturated carbocycles. The van der Waals surface area contributed by atoms with Crippen molar-refractivity contribution in [2.45, 2.75) is 70.8 Å². The van der Waals surface area contributed by atoms with Crippen molar-refractivity contribution in [2.75, 3.05) is 13.1 Å². The fourth-order valence-corrected chi connectivity index (χ4v) is 3.16. The van der Waals surface area contributed by atoms with Crippen LogP contribution in [0.15, 0.2) is 23.0 Å². The third-order valence-electron chi connectivity index (χ3n) is 4.67. The van der Waals surface area contributed by atoms with Crippen molar-refractivity contribution >= 4 is 11.8 Å². The molecule has 0 radical (unpaired) electrons. The molecule has 1 aliphatic rings. The molecule has 5 heteroatoms. The molecule has 5 nitrogen and oxygen atoms in total. The molecule has 0 aromatic carbocycles. The zero-order valence-electron chi connectivity index (χ0n) is 14.8. The molecule has 0 atom stereocenters. The van der Waals surface area contributed by atoms with E-state index < -0.39 is 0 Å². The van der Waals surface area contributed by atoms with Gasteiger partial charge in [-0.05, 0) is 25.3 Å². The van der Waals surface area contributed by atoms with Gasteiger partial charge in [0.25, 0.3) is 5.91 Å². The van der Waals surface area contributed by atoms with E-state index in [1.54, 1.807) is 6.07 Å². The molecule has 134 valence electrons. The Morgan fingerprint density at radius 2 is 1.88 bits per heavy atom. The largest absolute Gasteiger partial charge is 0.472 e. The first-order valence-corrected chi connectivity index (χ1v) is 9.31. The van der Waals surface area contributed by atoms with Gasteiger partial charge in [-0.15, -0.1) is 0 Å². The molecule has 1 aromatic rings. The van der Waals surface area contributed by atoms with E-state index in [0.717, 1.165) is 25.7 Å². The van der Waals surface area contributed by atoms with Crippen LogP contribution in [0.3, 0.4) is 0 Å². The Morgan fingerprint density at radius 3 is 2.54 bits per heavy atom. The molecular weight excluding hydrogens is 304 g/mol. The van der Waals surface area contributed by atoms with Crippen molar-refractivity contribution < 1.29 is 14.0 Å². The van der Waals surface area contributed by atoms with Crippen molar-refractivity contribution in [2.24, 2.45) is 0 Å². The summed E-state index contributed by atoms with van der Waals surface area (Å²) in [5, 5.41) is 3.12. The summed E-state index contributed by atoms with van der Waals surface area (Å²) in [4.78, 5) is 26.1. The van der Waals surface area contributed by atoms with Crippen molar-refractivity contribution in [3.8, 4) is 0 Å². The van der Waals surface area contributed by atoms with Crippen LogP contribution in [0.25, 0.3) is 0 Å². The molecule has 0 bridgehead atoms. The van der Waals surface area contributed by atoms with Gasteiger partial charge >= 0.3 is 0 Å². The van der Waals surface area contributed by atoms with E-state index in [1.807, 2.05) is 4.90 Å². The van der Waals surface area contributed by atoms with Gasteiger partial charge < -0.3 is 14.6 Å². The fourth-order valence-electron chi connectivity index (χ4n) is 3.16. The van der Waals surface area contributed by atoms with E-state index in [2.05, 4.69) is 12.2 Å². The average Bonchev–Trinajstić information content (AvgIpc) is 3.12. The summed E-state index contributed by atoms with van der Waals surface area (Å²) in [6.07, 6.45) is 12.5. The highest BCUT2D eigenvalue weighted by molar-refractivity contribution is 5.93. The molecule has 1 aromatic heterocycles. The predicted molar refractivity (Wildman–Crippen MR) is 93.8 cm³/mol. The second kappa shape index (κ2) is 10.2. The standard InChI is InChI=1S/C19H30N2O3/c1-2-3-4-5-6-7-8-18(22)20-17-9-12-21(13-10-17)19(23)16-11-14-24-15-16/h11,14-15,17H,2-10,12-13H2,1H3,(H,20,22). The number of piperidine rings is 1. The van der Waals surface area contributed by atoms with E-state index in [1.165, 1.54) is 38.2 Å². The van der Waals surface area contributed by atoms with Crippen LogP contribution in [0.2, 0.25) is 0 Å². The first-order valence-electron chi connectivity index (χ1n) is 9.31. The second-order valence-electron chi connectivity index (χ2n) is 6.66. The topological polar surface area (TPSA) is 62.6 Å². The van der Waals surface area contributed by atoms with Crippen molar-refractivity contribution in [3.05, 3.63) is 24.2 Å². The number of unbranched alkanes of at least 4 members (excludes halogenated alkanes) is 5. The second-order valence-corrected chi connectivity index (χ2v) is 6.66. The Kier molecular flexibility index (Phi) is 7.86. The summed E-state index contributed by atoms with van der Waals surface area (Å²) in [6.45, 7) is 3.58. The number of nitrogens with one attached hydrogen (secondary N) is 1. The van der Waals surface area contributed by atoms with Gasteiger partial charge in [-0.3, -0.25) is 9.59 Å². The molecule has 24 heavy (non-hydrogen) atoms. The third kappa shape index (κ3) is 6.02. The normalized spacial score (nSPS) is 15.5. The van der Waals surface area contributed by atoms with E-state index in [0.29, 0.717) is 25.1 Å². The average molecular weight is 334 g/mol. The molecule has 1 fully saturated rings. The van der Waals surface area contributed by atoms with Gasteiger partial charge in [0.2, 0.25) is 5.91 Å². The highest BCUT2D eigenvalue weighted by atomic mass is 16.3. The number of furan rings is 1. The Morgan fingerprint density at radius 1 is 1.17 bits per heavy atom. The van der Waals surface area contributed by atoms with Crippen LogP contribution in [0.5, 0.6) is 0 Å². The summed E-state index contributed by atoms with van der Waals surface area (Å²) in [7, 11) is 0. The van der Waals surface area contributed by atoms with Gasteiger partial charge in [0, 0.05) is 25.6 Å². The van der Waals surface area contributed by atoms with Crippen LogP contribution < -0.4 is 5.32 Å². The quantitative estimate of drug-likeness (QED) is 0.700. The zero-order valence-corrected chi connectivity index (χ0v) is 14.8.